The van der Waals surface area contributed by atoms with Crippen molar-refractivity contribution in [3.05, 3.63) is 74.7 Å². The van der Waals surface area contributed by atoms with Gasteiger partial charge in [-0.2, -0.15) is 0 Å². The number of rotatable bonds is 5. The molecule has 0 saturated carbocycles. The number of oxazole rings is 1. The zero-order valence-corrected chi connectivity index (χ0v) is 21.8. The lowest BCUT2D eigenvalue weighted by Gasteiger charge is -2.12. The Morgan fingerprint density at radius 1 is 1.18 bits per heavy atom. The second kappa shape index (κ2) is 10.1. The molecule has 0 spiro atoms. The molecular weight excluding hydrogens is 538 g/mol. The van der Waals surface area contributed by atoms with Gasteiger partial charge in [0.1, 0.15) is 11.3 Å². The normalized spacial score (nSPS) is 10.9. The van der Waals surface area contributed by atoms with Gasteiger partial charge in [0.05, 0.1) is 21.7 Å². The summed E-state index contributed by atoms with van der Waals surface area (Å²) in [6.07, 6.45) is 0. The molecule has 0 aliphatic rings. The van der Waals surface area contributed by atoms with Crippen LogP contribution in [0.2, 0.25) is 5.02 Å². The number of carbonyl (C=O) groups is 1. The minimum Gasteiger partial charge on any atom is -0.493 e. The number of hydrogen-bond donors (Lipinski definition) is 2. The average molecular weight is 559 g/mol. The van der Waals surface area contributed by atoms with Crippen molar-refractivity contribution in [3.63, 3.8) is 0 Å². The summed E-state index contributed by atoms with van der Waals surface area (Å²) in [5.74, 6) is 0.727. The number of nitrogens with one attached hydrogen (secondary N) is 2. The zero-order valence-electron chi connectivity index (χ0n) is 18.7. The van der Waals surface area contributed by atoms with Gasteiger partial charge in [-0.1, -0.05) is 17.7 Å². The molecule has 1 amide bonds. The van der Waals surface area contributed by atoms with Crippen LogP contribution in [0, 0.1) is 13.8 Å². The van der Waals surface area contributed by atoms with Crippen molar-refractivity contribution < 1.29 is 13.9 Å². The second-order valence-electron chi connectivity index (χ2n) is 7.63. The third kappa shape index (κ3) is 5.24. The number of anilines is 1. The molecular formula is C25H21BrClN3O3S. The lowest BCUT2D eigenvalue weighted by Crippen LogP contribution is -2.34. The van der Waals surface area contributed by atoms with E-state index >= 15 is 0 Å². The van der Waals surface area contributed by atoms with Crippen LogP contribution in [0.3, 0.4) is 0 Å². The molecule has 1 heterocycles. The molecule has 2 N–H and O–H groups in total. The van der Waals surface area contributed by atoms with Crippen molar-refractivity contribution in [1.29, 1.82) is 0 Å². The Balaban J connectivity index is 1.51. The van der Waals surface area contributed by atoms with E-state index in [1.54, 1.807) is 36.4 Å². The third-order valence-electron chi connectivity index (χ3n) is 5.00. The van der Waals surface area contributed by atoms with Crippen molar-refractivity contribution in [2.45, 2.75) is 20.8 Å². The van der Waals surface area contributed by atoms with Crippen LogP contribution in [0.1, 0.15) is 28.4 Å². The molecule has 0 fully saturated rings. The Labute approximate surface area is 215 Å². The van der Waals surface area contributed by atoms with E-state index in [1.807, 2.05) is 32.9 Å². The zero-order chi connectivity index (χ0) is 24.4. The van der Waals surface area contributed by atoms with E-state index in [4.69, 9.17) is 33.0 Å². The van der Waals surface area contributed by atoms with E-state index < -0.39 is 0 Å². The Kier molecular flexibility index (Phi) is 7.21. The van der Waals surface area contributed by atoms with Crippen molar-refractivity contribution in [3.8, 4) is 17.2 Å². The SMILES string of the molecule is CCOc1ccc(C(=O)NC(=S)Nc2ccc(Cl)c(-c3nc4cc(C)cc(C)c4o3)c2)cc1Br. The number of fused-ring (bicyclic) bond motifs is 1. The van der Waals surface area contributed by atoms with Crippen LogP contribution in [0.5, 0.6) is 5.75 Å². The highest BCUT2D eigenvalue weighted by Crippen LogP contribution is 2.33. The molecule has 0 aliphatic heterocycles. The van der Waals surface area contributed by atoms with Crippen LogP contribution in [0.15, 0.2) is 57.4 Å². The maximum atomic E-state index is 12.6. The predicted molar refractivity (Wildman–Crippen MR) is 143 cm³/mol. The van der Waals surface area contributed by atoms with Gasteiger partial charge in [-0.3, -0.25) is 10.1 Å². The molecule has 0 atom stereocenters. The molecule has 174 valence electrons. The largest absolute Gasteiger partial charge is 0.493 e. The van der Waals surface area contributed by atoms with E-state index in [0.29, 0.717) is 44.6 Å². The molecule has 1 aromatic heterocycles. The number of ether oxygens (including phenoxy) is 1. The summed E-state index contributed by atoms with van der Waals surface area (Å²) < 4.78 is 12.2. The average Bonchev–Trinajstić information content (AvgIpc) is 3.20. The molecule has 4 aromatic rings. The number of benzene rings is 3. The van der Waals surface area contributed by atoms with Gasteiger partial charge in [-0.25, -0.2) is 4.98 Å². The van der Waals surface area contributed by atoms with Crippen LogP contribution in [0.25, 0.3) is 22.6 Å². The highest BCUT2D eigenvalue weighted by atomic mass is 79.9. The van der Waals surface area contributed by atoms with Gasteiger partial charge < -0.3 is 14.5 Å². The van der Waals surface area contributed by atoms with Gasteiger partial charge in [0, 0.05) is 11.3 Å². The minimum absolute atomic E-state index is 0.146. The molecule has 0 bridgehead atoms. The van der Waals surface area contributed by atoms with Gasteiger partial charge in [-0.15, -0.1) is 0 Å². The van der Waals surface area contributed by atoms with Crippen molar-refractivity contribution in [2.75, 3.05) is 11.9 Å². The molecule has 3 aromatic carbocycles. The Hall–Kier alpha value is -2.94. The lowest BCUT2D eigenvalue weighted by atomic mass is 10.1. The summed E-state index contributed by atoms with van der Waals surface area (Å²) in [7, 11) is 0. The Morgan fingerprint density at radius 3 is 2.71 bits per heavy atom. The summed E-state index contributed by atoms with van der Waals surface area (Å²) in [6.45, 7) is 6.42. The number of nitrogens with zero attached hydrogens (tertiary/aromatic N) is 1. The summed E-state index contributed by atoms with van der Waals surface area (Å²) >= 11 is 15.2. The van der Waals surface area contributed by atoms with Crippen LogP contribution >= 0.6 is 39.7 Å². The summed E-state index contributed by atoms with van der Waals surface area (Å²) in [5.41, 5.74) is 5.28. The fourth-order valence-electron chi connectivity index (χ4n) is 3.51. The molecule has 0 aliphatic carbocycles. The van der Waals surface area contributed by atoms with E-state index in [9.17, 15) is 4.79 Å². The van der Waals surface area contributed by atoms with Gasteiger partial charge >= 0.3 is 0 Å². The number of hydrogen-bond acceptors (Lipinski definition) is 5. The number of thiocarbonyl (C=S) groups is 1. The molecule has 0 unspecified atom stereocenters. The quantitative estimate of drug-likeness (QED) is 0.256. The van der Waals surface area contributed by atoms with Crippen LogP contribution in [-0.2, 0) is 0 Å². The number of carbonyl (C=O) groups excluding carboxylic acids is 1. The van der Waals surface area contributed by atoms with E-state index in [-0.39, 0.29) is 11.0 Å². The van der Waals surface area contributed by atoms with E-state index in [0.717, 1.165) is 22.2 Å². The third-order valence-corrected chi connectivity index (χ3v) is 6.15. The first-order valence-corrected chi connectivity index (χ1v) is 12.1. The molecule has 9 heteroatoms. The first-order valence-electron chi connectivity index (χ1n) is 10.5. The van der Waals surface area contributed by atoms with Gasteiger partial charge in [0.25, 0.3) is 5.91 Å². The smallest absolute Gasteiger partial charge is 0.257 e. The standard InChI is InChI=1S/C25H21BrClN3O3S/c1-4-32-21-8-5-15(11-18(21)26)23(31)30-25(34)28-16-6-7-19(27)17(12-16)24-29-20-10-13(2)9-14(3)22(20)33-24/h5-12H,4H2,1-3H3,(H2,28,30,31,34). The van der Waals surface area contributed by atoms with Crippen molar-refractivity contribution in [1.82, 2.24) is 10.3 Å². The number of aryl methyl sites for hydroxylation is 2. The fraction of sp³-hybridized carbons (Fsp3) is 0.160. The highest BCUT2D eigenvalue weighted by Gasteiger charge is 2.16. The highest BCUT2D eigenvalue weighted by molar-refractivity contribution is 9.10. The molecule has 0 saturated heterocycles. The van der Waals surface area contributed by atoms with Crippen LogP contribution in [0.4, 0.5) is 5.69 Å². The topological polar surface area (TPSA) is 76.4 Å². The molecule has 4 rings (SSSR count). The van der Waals surface area contributed by atoms with Crippen molar-refractivity contribution >= 4 is 67.6 Å². The van der Waals surface area contributed by atoms with Crippen LogP contribution in [-0.4, -0.2) is 22.6 Å². The monoisotopic (exact) mass is 557 g/mol. The van der Waals surface area contributed by atoms with Gasteiger partial charge in [0.2, 0.25) is 5.89 Å². The number of halogens is 2. The minimum atomic E-state index is -0.347. The Morgan fingerprint density at radius 2 is 1.97 bits per heavy atom. The lowest BCUT2D eigenvalue weighted by molar-refractivity contribution is 0.0977. The number of aromatic nitrogens is 1. The van der Waals surface area contributed by atoms with Gasteiger partial charge in [-0.05, 0) is 103 Å². The molecule has 6 nitrogen and oxygen atoms in total. The maximum Gasteiger partial charge on any atom is 0.257 e. The predicted octanol–water partition coefficient (Wildman–Crippen LogP) is 7.05. The number of amides is 1. The molecule has 34 heavy (non-hydrogen) atoms. The van der Waals surface area contributed by atoms with E-state index in [1.165, 1.54) is 0 Å². The first-order chi connectivity index (χ1) is 16.2. The second-order valence-corrected chi connectivity index (χ2v) is 9.30. The van der Waals surface area contributed by atoms with Crippen LogP contribution < -0.4 is 15.4 Å². The van der Waals surface area contributed by atoms with Gasteiger partial charge in [0.15, 0.2) is 10.7 Å². The van der Waals surface area contributed by atoms with Crippen molar-refractivity contribution in [2.24, 2.45) is 0 Å². The summed E-state index contributed by atoms with van der Waals surface area (Å²) in [6, 6.07) is 14.4. The Bertz CT molecular complexity index is 1420. The summed E-state index contributed by atoms with van der Waals surface area (Å²) in [5, 5.41) is 6.33. The molecule has 0 radical (unpaired) electrons. The summed E-state index contributed by atoms with van der Waals surface area (Å²) in [4.78, 5) is 17.2. The first kappa shape index (κ1) is 24.2. The van der Waals surface area contributed by atoms with E-state index in [2.05, 4.69) is 31.5 Å². The maximum absolute atomic E-state index is 12.6. The fourth-order valence-corrected chi connectivity index (χ4v) is 4.41.